The summed E-state index contributed by atoms with van der Waals surface area (Å²) in [4.78, 5) is 23.8. The monoisotopic (exact) mass is 384 g/mol. The lowest BCUT2D eigenvalue weighted by atomic mass is 10.2. The van der Waals surface area contributed by atoms with E-state index >= 15 is 0 Å². The second-order valence-corrected chi connectivity index (χ2v) is 11.7. The Balaban J connectivity index is 2.58. The first-order chi connectivity index (χ1) is 12.8. The second kappa shape index (κ2) is 9.11. The van der Waals surface area contributed by atoms with E-state index in [9.17, 15) is 9.59 Å². The first-order valence-corrected chi connectivity index (χ1v) is 11.2. The van der Waals surface area contributed by atoms with Crippen LogP contribution in [0.4, 0.5) is 0 Å². The fourth-order valence-corrected chi connectivity index (χ4v) is 8.03. The average molecular weight is 385 g/mol. The zero-order chi connectivity index (χ0) is 19.9. The predicted molar refractivity (Wildman–Crippen MR) is 110 cm³/mol. The van der Waals surface area contributed by atoms with Crippen molar-refractivity contribution in [2.45, 2.75) is 45.3 Å². The Morgan fingerprint density at radius 1 is 1.00 bits per heavy atom. The number of hydrogen-bond donors (Lipinski definition) is 0. The van der Waals surface area contributed by atoms with Gasteiger partial charge in [0.1, 0.15) is 12.4 Å². The zero-order valence-corrected chi connectivity index (χ0v) is 17.5. The summed E-state index contributed by atoms with van der Waals surface area (Å²) in [6.45, 7) is 8.42. The molecule has 0 amide bonds. The molecule has 0 aliphatic carbocycles. The molecule has 0 spiro atoms. The van der Waals surface area contributed by atoms with Gasteiger partial charge in [0.2, 0.25) is 0 Å². The van der Waals surface area contributed by atoms with Crippen molar-refractivity contribution in [1.29, 1.82) is 0 Å². The van der Waals surface area contributed by atoms with E-state index < -0.39 is 20.4 Å². The largest absolute Gasteiger partial charge is 0.466 e. The van der Waals surface area contributed by atoms with Gasteiger partial charge in [0.15, 0.2) is 0 Å². The quantitative estimate of drug-likeness (QED) is 0.399. The summed E-state index contributed by atoms with van der Waals surface area (Å²) in [5.74, 6) is -0.424. The van der Waals surface area contributed by atoms with Gasteiger partial charge < -0.3 is 14.0 Å². The van der Waals surface area contributed by atoms with Gasteiger partial charge in [-0.1, -0.05) is 81.4 Å². The van der Waals surface area contributed by atoms with Crippen LogP contribution in [0.3, 0.4) is 0 Å². The van der Waals surface area contributed by atoms with Gasteiger partial charge in [-0.2, -0.15) is 0 Å². The van der Waals surface area contributed by atoms with Crippen LogP contribution in [-0.2, 0) is 18.8 Å². The van der Waals surface area contributed by atoms with Crippen LogP contribution < -0.4 is 10.4 Å². The lowest BCUT2D eigenvalue weighted by Crippen LogP contribution is -2.68. The number of benzene rings is 2. The fraction of sp³-hybridized carbons (Fsp3) is 0.364. The van der Waals surface area contributed by atoms with Gasteiger partial charge in [-0.05, 0) is 22.3 Å². The Morgan fingerprint density at radius 3 is 1.85 bits per heavy atom. The zero-order valence-electron chi connectivity index (χ0n) is 16.5. The molecule has 2 aromatic rings. The van der Waals surface area contributed by atoms with E-state index in [2.05, 4.69) is 45.0 Å². The second-order valence-electron chi connectivity index (χ2n) is 7.46. The summed E-state index contributed by atoms with van der Waals surface area (Å²) in [7, 11) is -2.86. The summed E-state index contributed by atoms with van der Waals surface area (Å²) < 4.78 is 11.6. The van der Waals surface area contributed by atoms with Crippen molar-refractivity contribution < 1.29 is 18.8 Å². The van der Waals surface area contributed by atoms with E-state index in [1.54, 1.807) is 6.92 Å². The van der Waals surface area contributed by atoms with Gasteiger partial charge in [-0.3, -0.25) is 4.79 Å². The third-order valence-electron chi connectivity index (χ3n) is 4.57. The minimum Gasteiger partial charge on any atom is -0.466 e. The molecule has 2 rings (SSSR count). The highest BCUT2D eigenvalue weighted by Crippen LogP contribution is 2.37. The molecule has 0 fully saturated rings. The molecule has 0 radical (unpaired) electrons. The number of ether oxygens (including phenoxy) is 1. The van der Waals surface area contributed by atoms with Crippen molar-refractivity contribution in [3.63, 3.8) is 0 Å². The molecule has 0 N–H and O–H groups in total. The van der Waals surface area contributed by atoms with Gasteiger partial charge >= 0.3 is 5.97 Å². The van der Waals surface area contributed by atoms with Crippen LogP contribution in [0, 0.1) is 0 Å². The normalized spacial score (nSPS) is 13.0. The van der Waals surface area contributed by atoms with E-state index in [0.29, 0.717) is 0 Å². The maximum atomic E-state index is 12.0. The summed E-state index contributed by atoms with van der Waals surface area (Å²) in [5.41, 5.74) is 0. The molecule has 1 unspecified atom stereocenters. The fourth-order valence-electron chi connectivity index (χ4n) is 3.42. The Hall–Kier alpha value is -2.24. The van der Waals surface area contributed by atoms with E-state index in [0.717, 1.165) is 16.7 Å². The van der Waals surface area contributed by atoms with Crippen molar-refractivity contribution in [2.24, 2.45) is 0 Å². The summed E-state index contributed by atoms with van der Waals surface area (Å²) >= 11 is 0. The van der Waals surface area contributed by atoms with Crippen LogP contribution in [0.2, 0.25) is 5.04 Å². The van der Waals surface area contributed by atoms with E-state index in [1.165, 1.54) is 0 Å². The molecule has 2 aromatic carbocycles. The van der Waals surface area contributed by atoms with Crippen LogP contribution in [0.1, 0.15) is 34.1 Å². The summed E-state index contributed by atoms with van der Waals surface area (Å²) in [5, 5.41) is 1.88. The van der Waals surface area contributed by atoms with Gasteiger partial charge in [-0.25, -0.2) is 0 Å². The molecular weight excluding hydrogens is 356 g/mol. The third-order valence-corrected chi connectivity index (χ3v) is 9.63. The highest BCUT2D eigenvalue weighted by Gasteiger charge is 2.51. The van der Waals surface area contributed by atoms with Crippen LogP contribution in [0.25, 0.3) is 0 Å². The average Bonchev–Trinajstić information content (AvgIpc) is 2.65. The Bertz CT molecular complexity index is 698. The third kappa shape index (κ3) is 4.73. The molecule has 1 atom stereocenters. The molecule has 4 nitrogen and oxygen atoms in total. The molecule has 27 heavy (non-hydrogen) atoms. The SMILES string of the molecule is CCOC(=O)CC(C=O)O[Si](c1ccccc1)(c1ccccc1)C(C)(C)C. The summed E-state index contributed by atoms with van der Waals surface area (Å²) in [6, 6.07) is 20.1. The number of carbonyl (C=O) groups excluding carboxylic acids is 2. The highest BCUT2D eigenvalue weighted by molar-refractivity contribution is 6.99. The van der Waals surface area contributed by atoms with E-state index in [4.69, 9.17) is 9.16 Å². The standard InChI is InChI=1S/C22H28O4Si/c1-5-25-21(24)16-18(17-23)26-27(22(2,3)4,19-12-8-6-9-13-19)20-14-10-7-11-15-20/h6-15,17-18H,5,16H2,1-4H3. The lowest BCUT2D eigenvalue weighted by Gasteiger charge is -2.44. The highest BCUT2D eigenvalue weighted by atomic mass is 28.4. The van der Waals surface area contributed by atoms with Crippen LogP contribution in [0.15, 0.2) is 60.7 Å². The number of esters is 1. The molecule has 0 saturated heterocycles. The number of carbonyl (C=O) groups is 2. The number of aldehydes is 1. The molecule has 144 valence electrons. The minimum absolute atomic E-state index is 0.0815. The summed E-state index contributed by atoms with van der Waals surface area (Å²) in [6.07, 6.45) is -0.214. The van der Waals surface area contributed by atoms with Crippen molar-refractivity contribution in [2.75, 3.05) is 6.61 Å². The van der Waals surface area contributed by atoms with Crippen molar-refractivity contribution in [3.05, 3.63) is 60.7 Å². The minimum atomic E-state index is -2.86. The van der Waals surface area contributed by atoms with Crippen molar-refractivity contribution in [3.8, 4) is 0 Å². The van der Waals surface area contributed by atoms with Crippen molar-refractivity contribution in [1.82, 2.24) is 0 Å². The van der Waals surface area contributed by atoms with Gasteiger partial charge in [0.05, 0.1) is 13.0 Å². The molecule has 0 aromatic heterocycles. The Kier molecular flexibility index (Phi) is 7.10. The molecule has 0 bridgehead atoms. The van der Waals surface area contributed by atoms with Crippen LogP contribution in [-0.4, -0.2) is 33.3 Å². The van der Waals surface area contributed by atoms with Gasteiger partial charge in [-0.15, -0.1) is 0 Å². The predicted octanol–water partition coefficient (Wildman–Crippen LogP) is 3.08. The Labute approximate surface area is 162 Å². The maximum Gasteiger partial charge on any atom is 0.308 e. The molecule has 0 aliphatic heterocycles. The van der Waals surface area contributed by atoms with Gasteiger partial charge in [0, 0.05) is 0 Å². The van der Waals surface area contributed by atoms with Crippen LogP contribution >= 0.6 is 0 Å². The topological polar surface area (TPSA) is 52.6 Å². The molecule has 0 heterocycles. The van der Waals surface area contributed by atoms with Crippen LogP contribution in [0.5, 0.6) is 0 Å². The van der Waals surface area contributed by atoms with E-state index in [1.807, 2.05) is 36.4 Å². The Morgan fingerprint density at radius 2 is 1.48 bits per heavy atom. The van der Waals surface area contributed by atoms with E-state index in [-0.39, 0.29) is 18.1 Å². The number of hydrogen-bond acceptors (Lipinski definition) is 4. The molecule has 5 heteroatoms. The van der Waals surface area contributed by atoms with Crippen molar-refractivity contribution >= 4 is 30.9 Å². The first-order valence-electron chi connectivity index (χ1n) is 9.25. The molecule has 0 saturated carbocycles. The molecular formula is C22H28O4Si. The number of rotatable bonds is 8. The van der Waals surface area contributed by atoms with Gasteiger partial charge in [0.25, 0.3) is 8.32 Å². The lowest BCUT2D eigenvalue weighted by molar-refractivity contribution is -0.146. The first kappa shape index (κ1) is 21.1. The molecule has 0 aliphatic rings. The smallest absolute Gasteiger partial charge is 0.308 e. The maximum absolute atomic E-state index is 12.0.